The van der Waals surface area contributed by atoms with Gasteiger partial charge >= 0.3 is 5.97 Å². The molecule has 0 spiro atoms. The predicted molar refractivity (Wildman–Crippen MR) is 79.0 cm³/mol. The fraction of sp³-hybridized carbons (Fsp3) is 0.438. The first-order chi connectivity index (χ1) is 9.86. The van der Waals surface area contributed by atoms with Crippen molar-refractivity contribution in [2.45, 2.75) is 44.9 Å². The van der Waals surface area contributed by atoms with Gasteiger partial charge in [0.25, 0.3) is 5.82 Å². The van der Waals surface area contributed by atoms with Crippen molar-refractivity contribution in [2.75, 3.05) is 0 Å². The first-order valence-corrected chi connectivity index (χ1v) is 7.17. The summed E-state index contributed by atoms with van der Waals surface area (Å²) in [4.78, 5) is 15.3. The number of carboxylic acid groups (broad SMARTS) is 1. The molecule has 21 heavy (non-hydrogen) atoms. The van der Waals surface area contributed by atoms with Crippen LogP contribution in [0.25, 0.3) is 5.69 Å². The fourth-order valence-electron chi connectivity index (χ4n) is 2.31. The zero-order valence-electron chi connectivity index (χ0n) is 12.5. The summed E-state index contributed by atoms with van der Waals surface area (Å²) >= 11 is 0. The van der Waals surface area contributed by atoms with Gasteiger partial charge in [-0.25, -0.2) is 14.5 Å². The standard InChI is InChI=1S/C16H19N3O2/c1-16(2,3)11-6-8-12(9-7-11)19-14(10-4-5-10)17-13(18-19)15(20)21/h6-10H,4-5H2,1-3H3,(H,20,21). The van der Waals surface area contributed by atoms with Gasteiger partial charge in [0.2, 0.25) is 0 Å². The number of aromatic nitrogens is 3. The Bertz CT molecular complexity index is 677. The number of carboxylic acids is 1. The molecule has 1 heterocycles. The van der Waals surface area contributed by atoms with Crippen molar-refractivity contribution in [3.8, 4) is 5.69 Å². The van der Waals surface area contributed by atoms with Crippen LogP contribution >= 0.6 is 0 Å². The van der Waals surface area contributed by atoms with E-state index in [2.05, 4.69) is 43.0 Å². The SMILES string of the molecule is CC(C)(C)c1ccc(-n2nc(C(=O)O)nc2C2CC2)cc1. The van der Waals surface area contributed by atoms with Gasteiger partial charge in [-0.3, -0.25) is 0 Å². The number of aromatic carboxylic acids is 1. The molecular weight excluding hydrogens is 266 g/mol. The van der Waals surface area contributed by atoms with Gasteiger partial charge in [-0.2, -0.15) is 0 Å². The smallest absolute Gasteiger partial charge is 0.375 e. The number of nitrogens with zero attached hydrogens (tertiary/aromatic N) is 3. The topological polar surface area (TPSA) is 68.0 Å². The van der Waals surface area contributed by atoms with E-state index in [0.717, 1.165) is 24.4 Å². The minimum Gasteiger partial charge on any atom is -0.475 e. The first-order valence-electron chi connectivity index (χ1n) is 7.17. The maximum atomic E-state index is 11.1. The van der Waals surface area contributed by atoms with Crippen LogP contribution in [0.15, 0.2) is 24.3 Å². The first kappa shape index (κ1) is 13.8. The zero-order valence-corrected chi connectivity index (χ0v) is 12.5. The van der Waals surface area contributed by atoms with Crippen LogP contribution in [0.2, 0.25) is 0 Å². The van der Waals surface area contributed by atoms with Gasteiger partial charge in [-0.1, -0.05) is 32.9 Å². The Kier molecular flexibility index (Phi) is 3.08. The molecule has 3 rings (SSSR count). The molecule has 0 bridgehead atoms. The lowest BCUT2D eigenvalue weighted by molar-refractivity contribution is 0.0683. The molecule has 1 aromatic heterocycles. The van der Waals surface area contributed by atoms with E-state index < -0.39 is 5.97 Å². The highest BCUT2D eigenvalue weighted by atomic mass is 16.4. The van der Waals surface area contributed by atoms with Crippen LogP contribution < -0.4 is 0 Å². The summed E-state index contributed by atoms with van der Waals surface area (Å²) in [6, 6.07) is 8.09. The van der Waals surface area contributed by atoms with E-state index >= 15 is 0 Å². The number of hydrogen-bond donors (Lipinski definition) is 1. The molecule has 110 valence electrons. The van der Waals surface area contributed by atoms with Crippen molar-refractivity contribution in [3.05, 3.63) is 41.5 Å². The van der Waals surface area contributed by atoms with Crippen LogP contribution in [0.3, 0.4) is 0 Å². The fourth-order valence-corrected chi connectivity index (χ4v) is 2.31. The van der Waals surface area contributed by atoms with Crippen molar-refractivity contribution in [1.29, 1.82) is 0 Å². The average molecular weight is 285 g/mol. The molecule has 0 saturated heterocycles. The zero-order chi connectivity index (χ0) is 15.2. The third kappa shape index (κ3) is 2.68. The number of rotatable bonds is 3. The van der Waals surface area contributed by atoms with Gasteiger partial charge in [0, 0.05) is 5.92 Å². The minimum absolute atomic E-state index is 0.0897. The lowest BCUT2D eigenvalue weighted by atomic mass is 9.87. The van der Waals surface area contributed by atoms with E-state index in [1.165, 1.54) is 5.56 Å². The average Bonchev–Trinajstić information content (AvgIpc) is 3.16. The molecule has 1 aliphatic carbocycles. The maximum Gasteiger partial charge on any atom is 0.375 e. The van der Waals surface area contributed by atoms with Crippen LogP contribution in [0.1, 0.15) is 61.5 Å². The Hall–Kier alpha value is -2.17. The molecule has 1 fully saturated rings. The molecule has 1 saturated carbocycles. The van der Waals surface area contributed by atoms with E-state index in [-0.39, 0.29) is 11.2 Å². The summed E-state index contributed by atoms with van der Waals surface area (Å²) in [6.45, 7) is 6.49. The van der Waals surface area contributed by atoms with Gasteiger partial charge in [0.05, 0.1) is 5.69 Å². The van der Waals surface area contributed by atoms with Gasteiger partial charge in [0.1, 0.15) is 5.82 Å². The molecule has 0 radical (unpaired) electrons. The largest absolute Gasteiger partial charge is 0.475 e. The Balaban J connectivity index is 2.01. The van der Waals surface area contributed by atoms with Crippen LogP contribution in [0.4, 0.5) is 0 Å². The third-order valence-electron chi connectivity index (χ3n) is 3.74. The molecule has 5 heteroatoms. The van der Waals surface area contributed by atoms with Crippen LogP contribution in [-0.4, -0.2) is 25.8 Å². The maximum absolute atomic E-state index is 11.1. The summed E-state index contributed by atoms with van der Waals surface area (Å²) in [5, 5.41) is 13.2. The van der Waals surface area contributed by atoms with Crippen LogP contribution in [0, 0.1) is 0 Å². The molecule has 0 unspecified atom stereocenters. The quantitative estimate of drug-likeness (QED) is 0.940. The van der Waals surface area contributed by atoms with Crippen molar-refractivity contribution >= 4 is 5.97 Å². The highest BCUT2D eigenvalue weighted by Gasteiger charge is 2.31. The van der Waals surface area contributed by atoms with Crippen LogP contribution in [-0.2, 0) is 5.41 Å². The molecule has 0 aliphatic heterocycles. The van der Waals surface area contributed by atoms with E-state index in [4.69, 9.17) is 5.11 Å². The summed E-state index contributed by atoms with van der Waals surface area (Å²) < 4.78 is 1.67. The monoisotopic (exact) mass is 285 g/mol. The summed E-state index contributed by atoms with van der Waals surface area (Å²) in [6.07, 6.45) is 2.11. The van der Waals surface area contributed by atoms with Gasteiger partial charge in [-0.15, -0.1) is 5.10 Å². The van der Waals surface area contributed by atoms with Crippen LogP contribution in [0.5, 0.6) is 0 Å². The third-order valence-corrected chi connectivity index (χ3v) is 3.74. The van der Waals surface area contributed by atoms with E-state index in [1.807, 2.05) is 12.1 Å². The van der Waals surface area contributed by atoms with Crippen molar-refractivity contribution in [2.24, 2.45) is 0 Å². The molecule has 1 aliphatic rings. The minimum atomic E-state index is -1.08. The van der Waals surface area contributed by atoms with Gasteiger partial charge < -0.3 is 5.11 Å². The summed E-state index contributed by atoms with van der Waals surface area (Å²) in [5.74, 6) is -0.109. The molecular formula is C16H19N3O2. The van der Waals surface area contributed by atoms with E-state index in [1.54, 1.807) is 4.68 Å². The summed E-state index contributed by atoms with van der Waals surface area (Å²) in [7, 11) is 0. The number of hydrogen-bond acceptors (Lipinski definition) is 3. The lowest BCUT2D eigenvalue weighted by Gasteiger charge is -2.19. The molecule has 5 nitrogen and oxygen atoms in total. The molecule has 2 aromatic rings. The Morgan fingerprint density at radius 2 is 1.86 bits per heavy atom. The molecule has 1 N–H and O–H groups in total. The molecule has 0 amide bonds. The van der Waals surface area contributed by atoms with Gasteiger partial charge in [-0.05, 0) is 36.0 Å². The van der Waals surface area contributed by atoms with Gasteiger partial charge in [0.15, 0.2) is 0 Å². The second kappa shape index (κ2) is 4.69. The molecule has 1 aromatic carbocycles. The van der Waals surface area contributed by atoms with Crippen molar-refractivity contribution in [1.82, 2.24) is 14.8 Å². The normalized spacial score (nSPS) is 15.2. The summed E-state index contributed by atoms with van der Waals surface area (Å²) in [5.41, 5.74) is 2.19. The highest BCUT2D eigenvalue weighted by molar-refractivity contribution is 5.83. The number of carbonyl (C=O) groups is 1. The van der Waals surface area contributed by atoms with E-state index in [0.29, 0.717) is 5.92 Å². The molecule has 0 atom stereocenters. The Morgan fingerprint density at radius 3 is 2.33 bits per heavy atom. The second-order valence-corrected chi connectivity index (χ2v) is 6.58. The second-order valence-electron chi connectivity index (χ2n) is 6.58. The Labute approximate surface area is 123 Å². The van der Waals surface area contributed by atoms with Crippen molar-refractivity contribution < 1.29 is 9.90 Å². The Morgan fingerprint density at radius 1 is 1.24 bits per heavy atom. The van der Waals surface area contributed by atoms with E-state index in [9.17, 15) is 4.79 Å². The highest BCUT2D eigenvalue weighted by Crippen LogP contribution is 2.39. The van der Waals surface area contributed by atoms with Crippen molar-refractivity contribution in [3.63, 3.8) is 0 Å². The lowest BCUT2D eigenvalue weighted by Crippen LogP contribution is -2.11. The number of benzene rings is 1. The predicted octanol–water partition coefficient (Wildman–Crippen LogP) is 3.14.